The third kappa shape index (κ3) is 8.27. The molecule has 1 unspecified atom stereocenters. The Hall–Kier alpha value is -0.950. The van der Waals surface area contributed by atoms with Gasteiger partial charge in [-0.15, -0.1) is 0 Å². The predicted octanol–water partition coefficient (Wildman–Crippen LogP) is 1.18. The third-order valence-corrected chi connectivity index (χ3v) is 3.45. The summed E-state index contributed by atoms with van der Waals surface area (Å²) < 4.78 is 0. The number of hydrogen-bond acceptors (Lipinski definition) is 4. The van der Waals surface area contributed by atoms with Gasteiger partial charge < -0.3 is 20.2 Å². The van der Waals surface area contributed by atoms with Crippen molar-refractivity contribution in [3.8, 4) is 0 Å². The summed E-state index contributed by atoms with van der Waals surface area (Å²) in [5, 5.41) is 11.7. The molecule has 2 amide bonds. The van der Waals surface area contributed by atoms with E-state index in [1.807, 2.05) is 32.2 Å². The fourth-order valence-electron chi connectivity index (χ4n) is 1.64. The fourth-order valence-corrected chi connectivity index (χ4v) is 2.11. The van der Waals surface area contributed by atoms with Crippen LogP contribution in [0.3, 0.4) is 0 Å². The van der Waals surface area contributed by atoms with Gasteiger partial charge >= 0.3 is 12.0 Å². The number of rotatable bonds is 10. The first-order valence-electron chi connectivity index (χ1n) is 6.84. The van der Waals surface area contributed by atoms with Gasteiger partial charge in [0.1, 0.15) is 6.04 Å². The highest BCUT2D eigenvalue weighted by atomic mass is 32.2. The number of aliphatic carboxylic acids is 1. The van der Waals surface area contributed by atoms with Crippen LogP contribution in [0, 0.1) is 0 Å². The first-order valence-corrected chi connectivity index (χ1v) is 8.23. The first kappa shape index (κ1) is 19.1. The van der Waals surface area contributed by atoms with Gasteiger partial charge in [-0.3, -0.25) is 0 Å². The van der Waals surface area contributed by atoms with Crippen molar-refractivity contribution in [2.45, 2.75) is 25.8 Å². The highest BCUT2D eigenvalue weighted by Gasteiger charge is 2.22. The second-order valence-electron chi connectivity index (χ2n) is 4.91. The van der Waals surface area contributed by atoms with Crippen molar-refractivity contribution in [3.63, 3.8) is 0 Å². The molecule has 0 fully saturated rings. The van der Waals surface area contributed by atoms with E-state index in [9.17, 15) is 9.59 Å². The van der Waals surface area contributed by atoms with Gasteiger partial charge in [0.15, 0.2) is 0 Å². The van der Waals surface area contributed by atoms with Crippen molar-refractivity contribution < 1.29 is 14.7 Å². The Kier molecular flexibility index (Phi) is 10.3. The van der Waals surface area contributed by atoms with Crippen LogP contribution in [-0.2, 0) is 4.79 Å². The van der Waals surface area contributed by atoms with E-state index < -0.39 is 12.0 Å². The Labute approximate surface area is 125 Å². The Morgan fingerprint density at radius 1 is 1.25 bits per heavy atom. The zero-order chi connectivity index (χ0) is 15.5. The number of carbonyl (C=O) groups excluding carboxylic acids is 1. The molecule has 0 aromatic heterocycles. The van der Waals surface area contributed by atoms with E-state index in [4.69, 9.17) is 5.11 Å². The lowest BCUT2D eigenvalue weighted by Gasteiger charge is -2.26. The number of urea groups is 1. The van der Waals surface area contributed by atoms with Crippen LogP contribution in [0.4, 0.5) is 4.79 Å². The quantitative estimate of drug-likeness (QED) is 0.634. The number of nitrogens with one attached hydrogen (secondary N) is 1. The number of nitrogens with zero attached hydrogens (tertiary/aromatic N) is 2. The number of amides is 2. The minimum Gasteiger partial charge on any atom is -0.480 e. The maximum atomic E-state index is 12.1. The van der Waals surface area contributed by atoms with Gasteiger partial charge in [-0.05, 0) is 38.9 Å². The van der Waals surface area contributed by atoms with Crippen LogP contribution in [0.25, 0.3) is 0 Å². The second kappa shape index (κ2) is 10.8. The van der Waals surface area contributed by atoms with Crippen LogP contribution in [0.5, 0.6) is 0 Å². The summed E-state index contributed by atoms with van der Waals surface area (Å²) in [6.45, 7) is 3.99. The lowest BCUT2D eigenvalue weighted by molar-refractivity contribution is -0.139. The van der Waals surface area contributed by atoms with Gasteiger partial charge in [0, 0.05) is 19.6 Å². The zero-order valence-corrected chi connectivity index (χ0v) is 13.7. The average molecular weight is 305 g/mol. The van der Waals surface area contributed by atoms with E-state index in [0.29, 0.717) is 25.3 Å². The van der Waals surface area contributed by atoms with Crippen molar-refractivity contribution in [1.82, 2.24) is 15.1 Å². The lowest BCUT2D eigenvalue weighted by Crippen LogP contribution is -2.49. The summed E-state index contributed by atoms with van der Waals surface area (Å²) in [4.78, 5) is 27.0. The highest BCUT2D eigenvalue weighted by Crippen LogP contribution is 2.03. The second-order valence-corrected chi connectivity index (χ2v) is 5.90. The van der Waals surface area contributed by atoms with E-state index in [2.05, 4.69) is 5.32 Å². The normalized spacial score (nSPS) is 12.2. The van der Waals surface area contributed by atoms with E-state index in [1.165, 1.54) is 0 Å². The van der Waals surface area contributed by atoms with E-state index in [1.54, 1.807) is 16.7 Å². The van der Waals surface area contributed by atoms with Crippen molar-refractivity contribution in [2.24, 2.45) is 0 Å². The molecule has 0 spiro atoms. The Balaban J connectivity index is 4.49. The summed E-state index contributed by atoms with van der Waals surface area (Å²) >= 11 is 1.57. The molecule has 1 atom stereocenters. The van der Waals surface area contributed by atoms with E-state index >= 15 is 0 Å². The molecule has 0 bridgehead atoms. The van der Waals surface area contributed by atoms with Crippen molar-refractivity contribution >= 4 is 23.8 Å². The molecule has 0 aromatic carbocycles. The molecule has 7 heteroatoms. The van der Waals surface area contributed by atoms with Crippen molar-refractivity contribution in [3.05, 3.63) is 0 Å². The molecule has 0 aliphatic heterocycles. The summed E-state index contributed by atoms with van der Waals surface area (Å²) in [5.74, 6) is -0.264. The molecule has 0 radical (unpaired) electrons. The van der Waals surface area contributed by atoms with Gasteiger partial charge in [0.2, 0.25) is 0 Å². The lowest BCUT2D eigenvalue weighted by atomic mass is 10.2. The molecule has 0 aliphatic rings. The minimum absolute atomic E-state index is 0.290. The van der Waals surface area contributed by atoms with Crippen LogP contribution < -0.4 is 5.32 Å². The van der Waals surface area contributed by atoms with Crippen LogP contribution in [0.1, 0.15) is 19.8 Å². The number of hydrogen-bond donors (Lipinski definition) is 2. The molecule has 0 saturated carbocycles. The highest BCUT2D eigenvalue weighted by molar-refractivity contribution is 7.98. The van der Waals surface area contributed by atoms with Crippen molar-refractivity contribution in [2.75, 3.05) is 45.7 Å². The number of carbonyl (C=O) groups is 2. The van der Waals surface area contributed by atoms with Crippen LogP contribution in [-0.4, -0.2) is 78.7 Å². The number of carboxylic acid groups (broad SMARTS) is 1. The Morgan fingerprint density at radius 3 is 2.35 bits per heavy atom. The molecular weight excluding hydrogens is 278 g/mol. The fraction of sp³-hybridized carbons (Fsp3) is 0.846. The Morgan fingerprint density at radius 2 is 1.90 bits per heavy atom. The van der Waals surface area contributed by atoms with Gasteiger partial charge in [-0.25, -0.2) is 9.59 Å². The molecule has 20 heavy (non-hydrogen) atoms. The summed E-state index contributed by atoms with van der Waals surface area (Å²) in [6.07, 6.45) is 3.21. The molecule has 0 aromatic rings. The average Bonchev–Trinajstić information content (AvgIpc) is 2.38. The third-order valence-electron chi connectivity index (χ3n) is 2.80. The van der Waals surface area contributed by atoms with E-state index in [0.717, 1.165) is 13.0 Å². The van der Waals surface area contributed by atoms with Gasteiger partial charge in [-0.1, -0.05) is 6.92 Å². The number of likely N-dealkylation sites (N-methyl/N-ethyl adjacent to an activating group) is 1. The monoisotopic (exact) mass is 305 g/mol. The maximum absolute atomic E-state index is 12.1. The molecule has 0 rings (SSSR count). The number of thioether (sulfide) groups is 1. The van der Waals surface area contributed by atoms with Crippen molar-refractivity contribution in [1.29, 1.82) is 0 Å². The minimum atomic E-state index is -0.976. The van der Waals surface area contributed by atoms with Gasteiger partial charge in [-0.2, -0.15) is 11.8 Å². The van der Waals surface area contributed by atoms with Gasteiger partial charge in [0.25, 0.3) is 0 Å². The Bertz CT molecular complexity index is 301. The molecular formula is C13H27N3O3S. The molecule has 6 nitrogen and oxygen atoms in total. The molecule has 0 aliphatic carbocycles. The molecule has 2 N–H and O–H groups in total. The van der Waals surface area contributed by atoms with Crippen LogP contribution in [0.15, 0.2) is 0 Å². The SMILES string of the molecule is CCCN(CCN(C)C)C(=O)NC(CCSC)C(=O)O. The molecule has 0 heterocycles. The summed E-state index contributed by atoms with van der Waals surface area (Å²) in [5.41, 5.74) is 0. The topological polar surface area (TPSA) is 72.9 Å². The zero-order valence-electron chi connectivity index (χ0n) is 12.9. The van der Waals surface area contributed by atoms with E-state index in [-0.39, 0.29) is 6.03 Å². The standard InChI is InChI=1S/C13H27N3O3S/c1-5-7-16(9-8-15(2)3)13(19)14-11(12(17)18)6-10-20-4/h11H,5-10H2,1-4H3,(H,14,19)(H,17,18). The van der Waals surface area contributed by atoms with Crippen LogP contribution in [0.2, 0.25) is 0 Å². The largest absolute Gasteiger partial charge is 0.480 e. The van der Waals surface area contributed by atoms with Gasteiger partial charge in [0.05, 0.1) is 0 Å². The molecule has 118 valence electrons. The molecule has 0 saturated heterocycles. The maximum Gasteiger partial charge on any atom is 0.326 e. The summed E-state index contributed by atoms with van der Waals surface area (Å²) in [7, 11) is 3.89. The smallest absolute Gasteiger partial charge is 0.326 e. The first-order chi connectivity index (χ1) is 9.42. The predicted molar refractivity (Wildman–Crippen MR) is 83.4 cm³/mol. The van der Waals surface area contributed by atoms with Crippen LogP contribution >= 0.6 is 11.8 Å². The summed E-state index contributed by atoms with van der Waals surface area (Å²) in [6, 6.07) is -1.10. The number of carboxylic acids is 1.